The van der Waals surface area contributed by atoms with E-state index in [9.17, 15) is 21.8 Å². The van der Waals surface area contributed by atoms with Crippen molar-refractivity contribution in [2.45, 2.75) is 6.55 Å². The SMILES string of the molecule is C[N+]1(S(=O)(=O)[O-])C(c2nnnn2C(F)F)=NC2=C1CNC2. The predicted octanol–water partition coefficient (Wildman–Crippen LogP) is -1.45. The van der Waals surface area contributed by atoms with E-state index < -0.39 is 32.4 Å². The molecule has 1 aromatic heterocycles. The van der Waals surface area contributed by atoms with Crippen molar-refractivity contribution in [3.05, 3.63) is 17.2 Å². The van der Waals surface area contributed by atoms with Gasteiger partial charge in [0, 0.05) is 6.54 Å². The minimum absolute atomic E-state index is 0.108. The number of aliphatic imine (C=N–C) groups is 1. The molecule has 114 valence electrons. The average Bonchev–Trinajstić information content (AvgIpc) is 3.04. The van der Waals surface area contributed by atoms with E-state index in [-0.39, 0.29) is 23.5 Å². The van der Waals surface area contributed by atoms with Crippen LogP contribution in [0.15, 0.2) is 16.4 Å². The number of aromatic nitrogens is 4. The molecule has 21 heavy (non-hydrogen) atoms. The van der Waals surface area contributed by atoms with Crippen LogP contribution < -0.4 is 5.32 Å². The molecule has 0 aliphatic carbocycles. The van der Waals surface area contributed by atoms with Crippen molar-refractivity contribution in [2.75, 3.05) is 20.1 Å². The molecule has 0 aromatic carbocycles. The maximum absolute atomic E-state index is 12.9. The Kier molecular flexibility index (Phi) is 2.91. The highest BCUT2D eigenvalue weighted by Crippen LogP contribution is 2.35. The Morgan fingerprint density at radius 2 is 2.14 bits per heavy atom. The van der Waals surface area contributed by atoms with Crippen LogP contribution in [0.3, 0.4) is 0 Å². The van der Waals surface area contributed by atoms with Crippen LogP contribution in [-0.2, 0) is 10.3 Å². The molecule has 1 N–H and O–H groups in total. The number of hydrogen-bond donors (Lipinski definition) is 1. The molecule has 0 amide bonds. The molecule has 1 atom stereocenters. The summed E-state index contributed by atoms with van der Waals surface area (Å²) in [6, 6.07) is 0. The Labute approximate surface area is 117 Å². The van der Waals surface area contributed by atoms with Crippen LogP contribution in [0, 0.1) is 0 Å². The van der Waals surface area contributed by atoms with Gasteiger partial charge in [-0.25, -0.2) is 0 Å². The smallest absolute Gasteiger partial charge is 0.336 e. The van der Waals surface area contributed by atoms with Gasteiger partial charge in [-0.1, -0.05) is 0 Å². The number of halogens is 2. The van der Waals surface area contributed by atoms with E-state index in [0.717, 1.165) is 7.05 Å². The van der Waals surface area contributed by atoms with Gasteiger partial charge >= 0.3 is 6.55 Å². The lowest BCUT2D eigenvalue weighted by Gasteiger charge is -2.32. The minimum atomic E-state index is -4.97. The van der Waals surface area contributed by atoms with Crippen LogP contribution in [0.25, 0.3) is 0 Å². The first-order valence-corrected chi connectivity index (χ1v) is 7.05. The fourth-order valence-electron chi connectivity index (χ4n) is 2.31. The predicted molar refractivity (Wildman–Crippen MR) is 61.4 cm³/mol. The third-order valence-corrected chi connectivity index (χ3v) is 4.69. The second-order valence-corrected chi connectivity index (χ2v) is 6.09. The number of hydrogen-bond acceptors (Lipinski definition) is 8. The van der Waals surface area contributed by atoms with E-state index in [2.05, 4.69) is 25.8 Å². The lowest BCUT2D eigenvalue weighted by molar-refractivity contribution is -0.643. The quantitative estimate of drug-likeness (QED) is 0.533. The van der Waals surface area contributed by atoms with Crippen molar-refractivity contribution >= 4 is 16.1 Å². The summed E-state index contributed by atoms with van der Waals surface area (Å²) in [7, 11) is -3.90. The minimum Gasteiger partial charge on any atom is -0.701 e. The Bertz CT molecular complexity index is 771. The van der Waals surface area contributed by atoms with Crippen molar-refractivity contribution in [3.63, 3.8) is 0 Å². The summed E-state index contributed by atoms with van der Waals surface area (Å²) in [4.78, 5) is 3.99. The number of amidine groups is 1. The van der Waals surface area contributed by atoms with Crippen LogP contribution in [-0.4, -0.2) is 63.0 Å². The van der Waals surface area contributed by atoms with Crippen LogP contribution in [0.4, 0.5) is 8.78 Å². The van der Waals surface area contributed by atoms with Gasteiger partial charge in [0.1, 0.15) is 5.70 Å². The molecule has 0 fully saturated rings. The Morgan fingerprint density at radius 3 is 2.76 bits per heavy atom. The van der Waals surface area contributed by atoms with E-state index in [4.69, 9.17) is 0 Å². The van der Waals surface area contributed by atoms with Crippen LogP contribution >= 0.6 is 0 Å². The first-order chi connectivity index (χ1) is 9.76. The Balaban J connectivity index is 2.21. The zero-order chi connectivity index (χ0) is 15.4. The van der Waals surface area contributed by atoms with E-state index in [1.54, 1.807) is 0 Å². The molecule has 3 rings (SSSR count). The summed E-state index contributed by atoms with van der Waals surface area (Å²) in [5.41, 5.74) is 0.500. The third-order valence-electron chi connectivity index (χ3n) is 3.40. The van der Waals surface area contributed by atoms with Gasteiger partial charge in [-0.2, -0.15) is 26.9 Å². The highest BCUT2D eigenvalue weighted by molar-refractivity contribution is 7.80. The maximum Gasteiger partial charge on any atom is 0.336 e. The van der Waals surface area contributed by atoms with Gasteiger partial charge in [-0.15, -0.1) is 8.99 Å². The molecule has 1 aromatic rings. The zero-order valence-corrected chi connectivity index (χ0v) is 11.4. The van der Waals surface area contributed by atoms with E-state index in [1.165, 1.54) is 0 Å². The van der Waals surface area contributed by atoms with Crippen LogP contribution in [0.1, 0.15) is 12.4 Å². The number of likely N-dealkylation sites (N-methyl/N-ethyl adjacent to an activating group) is 1. The molecule has 13 heteroatoms. The van der Waals surface area contributed by atoms with E-state index in [1.807, 2.05) is 0 Å². The molecular formula is C8H9F2N7O3S. The molecule has 10 nitrogen and oxygen atoms in total. The summed E-state index contributed by atoms with van der Waals surface area (Å²) >= 11 is 0. The normalized spacial score (nSPS) is 25.7. The van der Waals surface area contributed by atoms with Crippen LogP contribution in [0.5, 0.6) is 0 Å². The van der Waals surface area contributed by atoms with Gasteiger partial charge in [-0.05, 0) is 10.4 Å². The van der Waals surface area contributed by atoms with Gasteiger partial charge in [0.25, 0.3) is 22.0 Å². The van der Waals surface area contributed by atoms with Crippen molar-refractivity contribution in [1.29, 1.82) is 0 Å². The molecule has 0 saturated carbocycles. The molecular weight excluding hydrogens is 312 g/mol. The number of rotatable bonds is 3. The third kappa shape index (κ3) is 1.81. The molecule has 1 unspecified atom stereocenters. The summed E-state index contributed by atoms with van der Waals surface area (Å²) in [6.45, 7) is -2.75. The molecule has 0 bridgehead atoms. The number of alkyl halides is 2. The number of nitrogens with one attached hydrogen (secondary N) is 1. The lowest BCUT2D eigenvalue weighted by Crippen LogP contribution is -2.53. The van der Waals surface area contributed by atoms with Crippen molar-refractivity contribution in [3.8, 4) is 0 Å². The molecule has 2 aliphatic rings. The maximum atomic E-state index is 12.9. The average molecular weight is 321 g/mol. The first kappa shape index (κ1) is 14.1. The topological polar surface area (TPSA) is 125 Å². The molecule has 0 spiro atoms. The largest absolute Gasteiger partial charge is 0.701 e. The van der Waals surface area contributed by atoms with Gasteiger partial charge in [0.15, 0.2) is 5.70 Å². The molecule has 0 saturated heterocycles. The van der Waals surface area contributed by atoms with Gasteiger partial charge in [0.2, 0.25) is 0 Å². The monoisotopic (exact) mass is 321 g/mol. The molecule has 2 aliphatic heterocycles. The summed E-state index contributed by atoms with van der Waals surface area (Å²) in [5.74, 6) is -0.983. The second kappa shape index (κ2) is 4.33. The van der Waals surface area contributed by atoms with E-state index in [0.29, 0.717) is 5.70 Å². The summed E-state index contributed by atoms with van der Waals surface area (Å²) in [6.07, 6.45) is 0. The Morgan fingerprint density at radius 1 is 1.43 bits per heavy atom. The molecule has 0 radical (unpaired) electrons. The Hall–Kier alpha value is -1.83. The van der Waals surface area contributed by atoms with E-state index >= 15 is 0 Å². The van der Waals surface area contributed by atoms with Gasteiger partial charge in [-0.3, -0.25) is 0 Å². The fourth-order valence-corrected chi connectivity index (χ4v) is 3.08. The second-order valence-electron chi connectivity index (χ2n) is 4.51. The highest BCUT2D eigenvalue weighted by Gasteiger charge is 2.52. The number of quaternary nitrogens is 1. The standard InChI is InChI=1S/C8H9F2N7O3S/c1-17(21(18,19)20)5-3-11-2-4(5)12-7(17)6-13-14-15-16(6)8(9)10/h8,11H,2-3H2,1H3. The molecule has 3 heterocycles. The number of nitrogens with zero attached hydrogens (tertiary/aromatic N) is 6. The zero-order valence-electron chi connectivity index (χ0n) is 10.6. The van der Waals surface area contributed by atoms with Gasteiger partial charge in [0.05, 0.1) is 13.6 Å². The summed E-state index contributed by atoms with van der Waals surface area (Å²) in [5, 5.41) is 12.4. The van der Waals surface area contributed by atoms with Crippen molar-refractivity contribution < 1.29 is 25.6 Å². The van der Waals surface area contributed by atoms with Crippen molar-refractivity contribution in [2.24, 2.45) is 4.99 Å². The summed E-state index contributed by atoms with van der Waals surface area (Å²) < 4.78 is 59.7. The highest BCUT2D eigenvalue weighted by atomic mass is 32.2. The van der Waals surface area contributed by atoms with Crippen molar-refractivity contribution in [1.82, 2.24) is 25.5 Å². The number of tetrazole rings is 1. The fraction of sp³-hybridized carbons (Fsp3) is 0.500. The lowest BCUT2D eigenvalue weighted by atomic mass is 10.4. The van der Waals surface area contributed by atoms with Gasteiger partial charge < -0.3 is 9.87 Å². The van der Waals surface area contributed by atoms with Crippen LogP contribution in [0.2, 0.25) is 0 Å². The first-order valence-electron chi connectivity index (χ1n) is 5.68.